The van der Waals surface area contributed by atoms with Crippen molar-refractivity contribution in [2.75, 3.05) is 12.4 Å². The summed E-state index contributed by atoms with van der Waals surface area (Å²) in [7, 11) is 1.37. The number of carbonyl (C=O) groups excluding carboxylic acids is 1. The summed E-state index contributed by atoms with van der Waals surface area (Å²) in [5.41, 5.74) is 0.222. The normalized spacial score (nSPS) is 11.4. The number of nitro groups is 1. The fourth-order valence-electron chi connectivity index (χ4n) is 1.89. The van der Waals surface area contributed by atoms with E-state index in [-0.39, 0.29) is 17.3 Å². The predicted molar refractivity (Wildman–Crippen MR) is 84.8 cm³/mol. The number of benzene rings is 2. The van der Waals surface area contributed by atoms with Crippen molar-refractivity contribution in [3.63, 3.8) is 0 Å². The lowest BCUT2D eigenvalue weighted by Gasteiger charge is -2.16. The van der Waals surface area contributed by atoms with Crippen LogP contribution < -0.4 is 14.8 Å². The first-order chi connectivity index (χ1) is 11.0. The van der Waals surface area contributed by atoms with Gasteiger partial charge in [-0.05, 0) is 25.1 Å². The smallest absolute Gasteiger partial charge is 0.273 e. The molecule has 0 radical (unpaired) electrons. The van der Waals surface area contributed by atoms with E-state index in [0.29, 0.717) is 11.4 Å². The number of ether oxygens (including phenoxy) is 2. The fraction of sp³-hybridized carbons (Fsp3) is 0.188. The predicted octanol–water partition coefficient (Wildman–Crippen LogP) is 3.01. The van der Waals surface area contributed by atoms with E-state index < -0.39 is 11.0 Å². The molecule has 0 aliphatic carbocycles. The van der Waals surface area contributed by atoms with Gasteiger partial charge in [0.25, 0.3) is 11.6 Å². The maximum absolute atomic E-state index is 12.2. The van der Waals surface area contributed by atoms with Crippen molar-refractivity contribution in [2.45, 2.75) is 13.0 Å². The molecule has 2 aromatic carbocycles. The van der Waals surface area contributed by atoms with Crippen LogP contribution in [-0.4, -0.2) is 24.0 Å². The molecule has 0 saturated carbocycles. The molecule has 7 nitrogen and oxygen atoms in total. The van der Waals surface area contributed by atoms with Gasteiger partial charge in [0.15, 0.2) is 6.10 Å². The monoisotopic (exact) mass is 316 g/mol. The summed E-state index contributed by atoms with van der Waals surface area (Å²) in [6, 6.07) is 12.9. The number of hydrogen-bond donors (Lipinski definition) is 1. The first-order valence-electron chi connectivity index (χ1n) is 6.86. The van der Waals surface area contributed by atoms with E-state index in [0.717, 1.165) is 0 Å². The lowest BCUT2D eigenvalue weighted by molar-refractivity contribution is -0.384. The Bertz CT molecular complexity index is 703. The molecule has 0 spiro atoms. The number of amides is 1. The number of hydrogen-bond acceptors (Lipinski definition) is 5. The number of non-ortho nitro benzene ring substituents is 1. The Hall–Kier alpha value is -3.09. The first-order valence-corrected chi connectivity index (χ1v) is 6.86. The van der Waals surface area contributed by atoms with Crippen molar-refractivity contribution in [2.24, 2.45) is 0 Å². The number of rotatable bonds is 6. The van der Waals surface area contributed by atoms with Gasteiger partial charge in [-0.15, -0.1) is 0 Å². The number of anilines is 1. The highest BCUT2D eigenvalue weighted by Gasteiger charge is 2.18. The van der Waals surface area contributed by atoms with Crippen LogP contribution in [0.25, 0.3) is 0 Å². The van der Waals surface area contributed by atoms with E-state index >= 15 is 0 Å². The van der Waals surface area contributed by atoms with Crippen molar-refractivity contribution in [3.05, 3.63) is 58.6 Å². The van der Waals surface area contributed by atoms with E-state index in [1.807, 2.05) is 6.07 Å². The standard InChI is InChI=1S/C16H16N2O5/c1-11(23-13-6-4-3-5-7-13)16(19)17-14-9-8-12(18(20)21)10-15(14)22-2/h3-11H,1-2H3,(H,17,19)/t11-/m0/s1. The highest BCUT2D eigenvalue weighted by molar-refractivity contribution is 5.95. The molecule has 2 aromatic rings. The molecule has 0 unspecified atom stereocenters. The van der Waals surface area contributed by atoms with Crippen molar-refractivity contribution < 1.29 is 19.2 Å². The van der Waals surface area contributed by atoms with E-state index in [9.17, 15) is 14.9 Å². The summed E-state index contributed by atoms with van der Waals surface area (Å²) in [4.78, 5) is 22.4. The van der Waals surface area contributed by atoms with Crippen molar-refractivity contribution in [3.8, 4) is 11.5 Å². The highest BCUT2D eigenvalue weighted by atomic mass is 16.6. The third-order valence-electron chi connectivity index (χ3n) is 3.08. The number of para-hydroxylation sites is 1. The molecule has 2 rings (SSSR count). The van der Waals surface area contributed by atoms with Crippen LogP contribution in [0, 0.1) is 10.1 Å². The molecule has 1 amide bonds. The van der Waals surface area contributed by atoms with Crippen LogP contribution >= 0.6 is 0 Å². The Kier molecular flexibility index (Phi) is 5.14. The summed E-state index contributed by atoms with van der Waals surface area (Å²) >= 11 is 0. The summed E-state index contributed by atoms with van der Waals surface area (Å²) < 4.78 is 10.6. The molecule has 23 heavy (non-hydrogen) atoms. The van der Waals surface area contributed by atoms with Gasteiger partial charge in [-0.2, -0.15) is 0 Å². The summed E-state index contributed by atoms with van der Waals surface area (Å²) in [5, 5.41) is 13.4. The van der Waals surface area contributed by atoms with Crippen LogP contribution in [0.3, 0.4) is 0 Å². The number of nitrogens with one attached hydrogen (secondary N) is 1. The second-order valence-corrected chi connectivity index (χ2v) is 4.70. The lowest BCUT2D eigenvalue weighted by Crippen LogP contribution is -2.30. The molecule has 1 N–H and O–H groups in total. The molecule has 1 atom stereocenters. The molecule has 0 aliphatic rings. The maximum atomic E-state index is 12.2. The van der Waals surface area contributed by atoms with Crippen molar-refractivity contribution in [1.82, 2.24) is 0 Å². The van der Waals surface area contributed by atoms with Gasteiger partial charge >= 0.3 is 0 Å². The Balaban J connectivity index is 2.08. The Morgan fingerprint density at radius 3 is 2.52 bits per heavy atom. The number of methoxy groups -OCH3 is 1. The molecule has 7 heteroatoms. The molecule has 0 fully saturated rings. The van der Waals surface area contributed by atoms with Crippen LogP contribution in [0.15, 0.2) is 48.5 Å². The number of nitro benzene ring substituents is 1. The average molecular weight is 316 g/mol. The first kappa shape index (κ1) is 16.3. The minimum Gasteiger partial charge on any atom is -0.494 e. The van der Waals surface area contributed by atoms with Gasteiger partial charge in [0.2, 0.25) is 0 Å². The number of carbonyl (C=O) groups is 1. The summed E-state index contributed by atoms with van der Waals surface area (Å²) in [6.07, 6.45) is -0.739. The molecule has 0 bridgehead atoms. The van der Waals surface area contributed by atoms with Gasteiger partial charge in [0, 0.05) is 6.07 Å². The Labute approximate surface area is 133 Å². The maximum Gasteiger partial charge on any atom is 0.273 e. The molecule has 0 aliphatic heterocycles. The van der Waals surface area contributed by atoms with Crippen molar-refractivity contribution in [1.29, 1.82) is 0 Å². The third-order valence-corrected chi connectivity index (χ3v) is 3.08. The van der Waals surface area contributed by atoms with E-state index in [4.69, 9.17) is 9.47 Å². The van der Waals surface area contributed by atoms with Crippen LogP contribution in [0.1, 0.15) is 6.92 Å². The largest absolute Gasteiger partial charge is 0.494 e. The van der Waals surface area contributed by atoms with Gasteiger partial charge in [0.1, 0.15) is 11.5 Å². The van der Waals surface area contributed by atoms with Crippen LogP contribution in [-0.2, 0) is 4.79 Å². The quantitative estimate of drug-likeness (QED) is 0.653. The van der Waals surface area contributed by atoms with Crippen molar-refractivity contribution >= 4 is 17.3 Å². The van der Waals surface area contributed by atoms with Crippen LogP contribution in [0.2, 0.25) is 0 Å². The topological polar surface area (TPSA) is 90.7 Å². The average Bonchev–Trinajstić information content (AvgIpc) is 2.55. The van der Waals surface area contributed by atoms with Crippen LogP contribution in [0.5, 0.6) is 11.5 Å². The van der Waals surface area contributed by atoms with Gasteiger partial charge in [-0.3, -0.25) is 14.9 Å². The minimum absolute atomic E-state index is 0.117. The summed E-state index contributed by atoms with van der Waals surface area (Å²) in [6.45, 7) is 1.61. The van der Waals surface area contributed by atoms with E-state index in [1.54, 1.807) is 31.2 Å². The Morgan fingerprint density at radius 2 is 1.91 bits per heavy atom. The fourth-order valence-corrected chi connectivity index (χ4v) is 1.89. The molecule has 0 heterocycles. The van der Waals surface area contributed by atoms with Gasteiger partial charge in [0.05, 0.1) is 23.8 Å². The zero-order valence-electron chi connectivity index (χ0n) is 12.7. The SMILES string of the molecule is COc1cc([N+](=O)[O-])ccc1NC(=O)[C@H](C)Oc1ccccc1. The molecule has 120 valence electrons. The highest BCUT2D eigenvalue weighted by Crippen LogP contribution is 2.29. The molecule has 0 saturated heterocycles. The van der Waals surface area contributed by atoms with Gasteiger partial charge < -0.3 is 14.8 Å². The number of nitrogens with zero attached hydrogens (tertiary/aromatic N) is 1. The second kappa shape index (κ2) is 7.26. The van der Waals surface area contributed by atoms with Crippen LogP contribution in [0.4, 0.5) is 11.4 Å². The third kappa shape index (κ3) is 4.19. The second-order valence-electron chi connectivity index (χ2n) is 4.70. The van der Waals surface area contributed by atoms with E-state index in [2.05, 4.69) is 5.32 Å². The zero-order chi connectivity index (χ0) is 16.8. The van der Waals surface area contributed by atoms with E-state index in [1.165, 1.54) is 25.3 Å². The molecular formula is C16H16N2O5. The minimum atomic E-state index is -0.739. The summed E-state index contributed by atoms with van der Waals surface area (Å²) in [5.74, 6) is 0.395. The molecular weight excluding hydrogens is 300 g/mol. The Morgan fingerprint density at radius 1 is 1.22 bits per heavy atom. The van der Waals surface area contributed by atoms with Gasteiger partial charge in [-0.25, -0.2) is 0 Å². The molecule has 0 aromatic heterocycles. The zero-order valence-corrected chi connectivity index (χ0v) is 12.7. The lowest BCUT2D eigenvalue weighted by atomic mass is 10.2. The van der Waals surface area contributed by atoms with Gasteiger partial charge in [-0.1, -0.05) is 18.2 Å².